The van der Waals surface area contributed by atoms with Gasteiger partial charge < -0.3 is 4.42 Å². The van der Waals surface area contributed by atoms with Crippen molar-refractivity contribution < 1.29 is 17.6 Å². The largest absolute Gasteiger partial charge is 0.464 e. The highest BCUT2D eigenvalue weighted by atomic mass is 32.1. The highest BCUT2D eigenvalue weighted by Crippen LogP contribution is 2.36. The number of aryl methyl sites for hydroxylation is 1. The van der Waals surface area contributed by atoms with E-state index in [1.54, 1.807) is 12.1 Å². The molecule has 0 radical (unpaired) electrons. The lowest BCUT2D eigenvalue weighted by atomic mass is 10.2. The molecule has 0 aliphatic rings. The van der Waals surface area contributed by atoms with Crippen molar-refractivity contribution in [1.82, 2.24) is 10.4 Å². The molecule has 1 atom stereocenters. The summed E-state index contributed by atoms with van der Waals surface area (Å²) in [6.45, 7) is 1.92. The molecule has 19 heavy (non-hydrogen) atoms. The Morgan fingerprint density at radius 1 is 1.47 bits per heavy atom. The van der Waals surface area contributed by atoms with Crippen LogP contribution in [0.25, 0.3) is 0 Å². The Morgan fingerprint density at radius 2 is 2.21 bits per heavy atom. The van der Waals surface area contributed by atoms with E-state index in [-0.39, 0.29) is 0 Å². The lowest BCUT2D eigenvalue weighted by molar-refractivity contribution is -0.137. The van der Waals surface area contributed by atoms with E-state index in [4.69, 9.17) is 10.3 Å². The van der Waals surface area contributed by atoms with Crippen molar-refractivity contribution in [2.24, 2.45) is 5.84 Å². The van der Waals surface area contributed by atoms with E-state index >= 15 is 0 Å². The van der Waals surface area contributed by atoms with Crippen LogP contribution in [0.4, 0.5) is 13.2 Å². The summed E-state index contributed by atoms with van der Waals surface area (Å²) >= 11 is 0.546. The smallest absolute Gasteiger partial charge is 0.443 e. The highest BCUT2D eigenvalue weighted by molar-refractivity contribution is 7.11. The third-order valence-electron chi connectivity index (χ3n) is 2.53. The number of alkyl halides is 3. The fourth-order valence-electron chi connectivity index (χ4n) is 1.60. The zero-order valence-corrected chi connectivity index (χ0v) is 10.8. The van der Waals surface area contributed by atoms with Gasteiger partial charge in [0.25, 0.3) is 0 Å². The maximum absolute atomic E-state index is 12.5. The van der Waals surface area contributed by atoms with Gasteiger partial charge in [-0.3, -0.25) is 5.84 Å². The molecule has 2 aromatic heterocycles. The van der Waals surface area contributed by atoms with Gasteiger partial charge in [-0.2, -0.15) is 13.2 Å². The predicted octanol–water partition coefficient (Wildman–Crippen LogP) is 2.87. The number of rotatable bonds is 4. The van der Waals surface area contributed by atoms with Crippen LogP contribution in [0.1, 0.15) is 34.4 Å². The Kier molecular flexibility index (Phi) is 3.93. The van der Waals surface area contributed by atoms with Crippen molar-refractivity contribution in [3.05, 3.63) is 39.7 Å². The van der Waals surface area contributed by atoms with Gasteiger partial charge in [-0.1, -0.05) is 6.92 Å². The van der Waals surface area contributed by atoms with Crippen LogP contribution in [-0.2, 0) is 12.6 Å². The topological polar surface area (TPSA) is 64.1 Å². The molecule has 2 aromatic rings. The van der Waals surface area contributed by atoms with Crippen LogP contribution in [0.15, 0.2) is 22.7 Å². The Balaban J connectivity index is 2.29. The van der Waals surface area contributed by atoms with Gasteiger partial charge in [0, 0.05) is 12.6 Å². The minimum atomic E-state index is -4.44. The molecule has 0 aliphatic carbocycles. The molecule has 4 nitrogen and oxygen atoms in total. The van der Waals surface area contributed by atoms with Gasteiger partial charge in [0.05, 0.1) is 4.88 Å². The normalized spacial score (nSPS) is 13.7. The Bertz CT molecular complexity index is 549. The minimum Gasteiger partial charge on any atom is -0.464 e. The molecule has 0 saturated carbocycles. The summed E-state index contributed by atoms with van der Waals surface area (Å²) in [6.07, 6.45) is -2.58. The molecule has 0 saturated heterocycles. The second kappa shape index (κ2) is 5.32. The predicted molar refractivity (Wildman–Crippen MR) is 64.4 cm³/mol. The second-order valence-electron chi connectivity index (χ2n) is 3.82. The average molecular weight is 291 g/mol. The summed E-state index contributed by atoms with van der Waals surface area (Å²) in [4.78, 5) is 3.72. The molecule has 8 heteroatoms. The highest BCUT2D eigenvalue weighted by Gasteiger charge is 2.35. The zero-order valence-electron chi connectivity index (χ0n) is 9.99. The van der Waals surface area contributed by atoms with Crippen molar-refractivity contribution in [2.45, 2.75) is 25.6 Å². The van der Waals surface area contributed by atoms with E-state index in [9.17, 15) is 13.2 Å². The summed E-state index contributed by atoms with van der Waals surface area (Å²) in [6, 6.07) is 2.83. The maximum Gasteiger partial charge on any atom is 0.443 e. The SMILES string of the molecule is CCc1ccc(C(NN)c2cnc(C(F)(F)F)s2)o1. The monoisotopic (exact) mass is 291 g/mol. The van der Waals surface area contributed by atoms with Crippen molar-refractivity contribution in [2.75, 3.05) is 0 Å². The van der Waals surface area contributed by atoms with Crippen LogP contribution < -0.4 is 11.3 Å². The number of hydrogen-bond donors (Lipinski definition) is 2. The number of hydrogen-bond acceptors (Lipinski definition) is 5. The Hall–Kier alpha value is -1.38. The molecule has 2 rings (SSSR count). The van der Waals surface area contributed by atoms with Gasteiger partial charge in [-0.25, -0.2) is 10.4 Å². The average Bonchev–Trinajstić information content (AvgIpc) is 2.98. The van der Waals surface area contributed by atoms with Crippen LogP contribution in [0.2, 0.25) is 0 Å². The van der Waals surface area contributed by atoms with Gasteiger partial charge in [0.1, 0.15) is 17.6 Å². The van der Waals surface area contributed by atoms with Gasteiger partial charge >= 0.3 is 6.18 Å². The molecule has 104 valence electrons. The molecule has 1 unspecified atom stereocenters. The van der Waals surface area contributed by atoms with E-state index in [2.05, 4.69) is 10.4 Å². The summed E-state index contributed by atoms with van der Waals surface area (Å²) in [7, 11) is 0. The minimum absolute atomic E-state index is 0.354. The first kappa shape index (κ1) is 14.0. The number of nitrogens with one attached hydrogen (secondary N) is 1. The standard InChI is InChI=1S/C11H12F3N3OS/c1-2-6-3-4-7(18-6)9(17-15)8-5-16-10(19-8)11(12,13)14/h3-5,9,17H,2,15H2,1H3. The molecule has 2 heterocycles. The molecule has 0 amide bonds. The third-order valence-corrected chi connectivity index (χ3v) is 3.64. The summed E-state index contributed by atoms with van der Waals surface area (Å²) < 4.78 is 43.0. The molecular weight excluding hydrogens is 279 g/mol. The van der Waals surface area contributed by atoms with E-state index in [0.717, 1.165) is 12.0 Å². The van der Waals surface area contributed by atoms with Crippen molar-refractivity contribution in [3.8, 4) is 0 Å². The molecule has 0 aromatic carbocycles. The van der Waals surface area contributed by atoms with Crippen LogP contribution in [0, 0.1) is 0 Å². The van der Waals surface area contributed by atoms with Gasteiger partial charge in [-0.05, 0) is 12.1 Å². The van der Waals surface area contributed by atoms with Crippen molar-refractivity contribution in [1.29, 1.82) is 0 Å². The maximum atomic E-state index is 12.5. The number of furan rings is 1. The number of halogens is 3. The second-order valence-corrected chi connectivity index (χ2v) is 4.89. The fraction of sp³-hybridized carbons (Fsp3) is 0.364. The summed E-state index contributed by atoms with van der Waals surface area (Å²) in [5.41, 5.74) is 2.45. The first-order valence-electron chi connectivity index (χ1n) is 5.53. The third kappa shape index (κ3) is 2.96. The molecule has 0 spiro atoms. The first-order valence-corrected chi connectivity index (χ1v) is 6.35. The van der Waals surface area contributed by atoms with Crippen molar-refractivity contribution in [3.63, 3.8) is 0 Å². The zero-order chi connectivity index (χ0) is 14.0. The molecule has 0 aliphatic heterocycles. The van der Waals surface area contributed by atoms with Gasteiger partial charge in [-0.15, -0.1) is 11.3 Å². The molecular formula is C11H12F3N3OS. The summed E-state index contributed by atoms with van der Waals surface area (Å²) in [5.74, 6) is 6.61. The van der Waals surface area contributed by atoms with Crippen LogP contribution in [0.5, 0.6) is 0 Å². The van der Waals surface area contributed by atoms with Crippen LogP contribution in [-0.4, -0.2) is 4.98 Å². The quantitative estimate of drug-likeness (QED) is 0.671. The molecule has 0 fully saturated rings. The van der Waals surface area contributed by atoms with E-state index in [0.29, 0.717) is 28.4 Å². The molecule has 0 bridgehead atoms. The number of nitrogens with zero attached hydrogens (tertiary/aromatic N) is 1. The van der Waals surface area contributed by atoms with E-state index < -0.39 is 17.2 Å². The number of nitrogens with two attached hydrogens (primary N) is 1. The number of hydrazine groups is 1. The lowest BCUT2D eigenvalue weighted by Gasteiger charge is -2.10. The van der Waals surface area contributed by atoms with E-state index in [1.165, 1.54) is 0 Å². The fourth-order valence-corrected chi connectivity index (χ4v) is 2.45. The number of aromatic nitrogens is 1. The van der Waals surface area contributed by atoms with Crippen molar-refractivity contribution >= 4 is 11.3 Å². The van der Waals surface area contributed by atoms with E-state index in [1.807, 2.05) is 6.92 Å². The van der Waals surface area contributed by atoms with Crippen LogP contribution in [0.3, 0.4) is 0 Å². The molecule has 3 N–H and O–H groups in total. The summed E-state index contributed by atoms with van der Waals surface area (Å²) in [5, 5.41) is -0.898. The lowest BCUT2D eigenvalue weighted by Crippen LogP contribution is -2.27. The van der Waals surface area contributed by atoms with Crippen LogP contribution >= 0.6 is 11.3 Å². The van der Waals surface area contributed by atoms with Gasteiger partial charge in [0.15, 0.2) is 5.01 Å². The number of thiazole rings is 1. The Labute approximate surface area is 111 Å². The first-order chi connectivity index (χ1) is 8.95. The van der Waals surface area contributed by atoms with Gasteiger partial charge in [0.2, 0.25) is 0 Å². The Morgan fingerprint density at radius 3 is 2.68 bits per heavy atom.